The molecule has 6 nitrogen and oxygen atoms in total. The number of para-hydroxylation sites is 1. The summed E-state index contributed by atoms with van der Waals surface area (Å²) in [6.07, 6.45) is -1.56. The molecule has 146 valence electrons. The van der Waals surface area contributed by atoms with E-state index in [2.05, 4.69) is 15.0 Å². The lowest BCUT2D eigenvalue weighted by molar-refractivity contribution is -0.141. The topological polar surface area (TPSA) is 63.9 Å². The van der Waals surface area contributed by atoms with E-state index in [1.54, 1.807) is 37.4 Å². The summed E-state index contributed by atoms with van der Waals surface area (Å²) in [6.45, 7) is 1.00. The van der Waals surface area contributed by atoms with Gasteiger partial charge in [0.25, 0.3) is 5.56 Å². The van der Waals surface area contributed by atoms with Gasteiger partial charge in [0, 0.05) is 12.7 Å². The number of anilines is 1. The third kappa shape index (κ3) is 3.44. The number of hydrogen-bond donors (Lipinski definition) is 0. The van der Waals surface area contributed by atoms with Gasteiger partial charge in [-0.1, -0.05) is 12.1 Å². The van der Waals surface area contributed by atoms with Crippen molar-refractivity contribution in [2.75, 3.05) is 11.4 Å². The van der Waals surface area contributed by atoms with Crippen LogP contribution in [0, 0.1) is 6.92 Å². The molecule has 0 radical (unpaired) electrons. The summed E-state index contributed by atoms with van der Waals surface area (Å²) < 4.78 is 40.5. The molecule has 1 saturated heterocycles. The zero-order chi connectivity index (χ0) is 19.9. The molecule has 0 aliphatic carbocycles. The molecule has 3 heterocycles. The Bertz CT molecular complexity index is 1080. The van der Waals surface area contributed by atoms with Gasteiger partial charge in [-0.2, -0.15) is 13.2 Å². The molecule has 9 heteroatoms. The van der Waals surface area contributed by atoms with E-state index in [0.717, 1.165) is 11.0 Å². The minimum Gasteiger partial charge on any atom is -0.346 e. The van der Waals surface area contributed by atoms with Crippen molar-refractivity contribution in [3.63, 3.8) is 0 Å². The van der Waals surface area contributed by atoms with E-state index in [4.69, 9.17) is 0 Å². The molecule has 28 heavy (non-hydrogen) atoms. The summed E-state index contributed by atoms with van der Waals surface area (Å²) in [4.78, 5) is 27.7. The summed E-state index contributed by atoms with van der Waals surface area (Å²) in [7, 11) is 0. The quantitative estimate of drug-likeness (QED) is 0.687. The average Bonchev–Trinajstić information content (AvgIpc) is 3.12. The van der Waals surface area contributed by atoms with Gasteiger partial charge in [-0.15, -0.1) is 0 Å². The normalized spacial score (nSPS) is 17.4. The highest BCUT2D eigenvalue weighted by molar-refractivity contribution is 5.77. The maximum atomic E-state index is 13.2. The van der Waals surface area contributed by atoms with Crippen LogP contribution < -0.4 is 10.5 Å². The molecule has 0 bridgehead atoms. The zero-order valence-corrected chi connectivity index (χ0v) is 15.1. The third-order valence-electron chi connectivity index (χ3n) is 4.84. The minimum atomic E-state index is -4.53. The molecule has 2 aromatic heterocycles. The van der Waals surface area contributed by atoms with E-state index in [1.807, 2.05) is 4.90 Å². The van der Waals surface area contributed by atoms with Crippen LogP contribution in [0.1, 0.15) is 30.5 Å². The summed E-state index contributed by atoms with van der Waals surface area (Å²) in [5.74, 6) is 1.31. The summed E-state index contributed by atoms with van der Waals surface area (Å²) in [5, 5.41) is 0.179. The molecule has 0 N–H and O–H groups in total. The molecular weight excluding hydrogens is 371 g/mol. The Morgan fingerprint density at radius 3 is 2.71 bits per heavy atom. The van der Waals surface area contributed by atoms with E-state index < -0.39 is 24.3 Å². The highest BCUT2D eigenvalue weighted by Gasteiger charge is 2.35. The molecule has 0 saturated carbocycles. The SMILES string of the molecule is Cc1nccc(N2CCCC2c2nc3ccccc3c(=O)n2CC(F)(F)F)n1. The van der Waals surface area contributed by atoms with E-state index in [-0.39, 0.29) is 11.2 Å². The number of fused-ring (bicyclic) bond motifs is 1. The maximum Gasteiger partial charge on any atom is 0.406 e. The first-order valence-corrected chi connectivity index (χ1v) is 8.96. The smallest absolute Gasteiger partial charge is 0.346 e. The number of hydrogen-bond acceptors (Lipinski definition) is 5. The van der Waals surface area contributed by atoms with Crippen molar-refractivity contribution < 1.29 is 13.2 Å². The van der Waals surface area contributed by atoms with Crippen LogP contribution in [0.5, 0.6) is 0 Å². The van der Waals surface area contributed by atoms with Gasteiger partial charge in [0.1, 0.15) is 24.0 Å². The second-order valence-electron chi connectivity index (χ2n) is 6.81. The van der Waals surface area contributed by atoms with Crippen LogP contribution in [0.25, 0.3) is 10.9 Å². The second kappa shape index (κ2) is 6.88. The fraction of sp³-hybridized carbons (Fsp3) is 0.368. The largest absolute Gasteiger partial charge is 0.406 e. The standard InChI is InChI=1S/C19H18F3N5O/c1-12-23-9-8-16(24-12)26-10-4-7-15(26)17-25-14-6-3-2-5-13(14)18(28)27(17)11-19(20,21)22/h2-3,5-6,8-9,15H,4,7,10-11H2,1H3. The fourth-order valence-corrected chi connectivity index (χ4v) is 3.68. The van der Waals surface area contributed by atoms with Crippen LogP contribution in [0.15, 0.2) is 41.3 Å². The van der Waals surface area contributed by atoms with Crippen molar-refractivity contribution in [1.82, 2.24) is 19.5 Å². The molecule has 1 aliphatic rings. The zero-order valence-electron chi connectivity index (χ0n) is 15.1. The van der Waals surface area contributed by atoms with Gasteiger partial charge in [-0.05, 0) is 38.0 Å². The molecule has 4 rings (SSSR count). The van der Waals surface area contributed by atoms with Crippen LogP contribution in [-0.2, 0) is 6.54 Å². The fourth-order valence-electron chi connectivity index (χ4n) is 3.68. The molecule has 1 atom stereocenters. The minimum absolute atomic E-state index is 0.120. The Kier molecular flexibility index (Phi) is 4.52. The molecule has 3 aromatic rings. The van der Waals surface area contributed by atoms with Crippen LogP contribution in [0.4, 0.5) is 19.0 Å². The van der Waals surface area contributed by atoms with Gasteiger partial charge in [-0.3, -0.25) is 9.36 Å². The molecule has 1 fully saturated rings. The van der Waals surface area contributed by atoms with Crippen LogP contribution in [0.3, 0.4) is 0 Å². The monoisotopic (exact) mass is 389 g/mol. The number of nitrogens with zero attached hydrogens (tertiary/aromatic N) is 5. The van der Waals surface area contributed by atoms with E-state index in [0.29, 0.717) is 30.1 Å². The number of aromatic nitrogens is 4. The van der Waals surface area contributed by atoms with Crippen LogP contribution in [-0.4, -0.2) is 32.2 Å². The Balaban J connectivity index is 1.88. The highest BCUT2D eigenvalue weighted by Crippen LogP contribution is 2.35. The first-order valence-electron chi connectivity index (χ1n) is 8.96. The van der Waals surface area contributed by atoms with Crippen molar-refractivity contribution in [2.45, 2.75) is 38.5 Å². The highest BCUT2D eigenvalue weighted by atomic mass is 19.4. The second-order valence-corrected chi connectivity index (χ2v) is 6.81. The Hall–Kier alpha value is -2.97. The lowest BCUT2D eigenvalue weighted by atomic mass is 10.1. The van der Waals surface area contributed by atoms with Gasteiger partial charge >= 0.3 is 6.18 Å². The Morgan fingerprint density at radius 2 is 1.96 bits per heavy atom. The van der Waals surface area contributed by atoms with Crippen molar-refractivity contribution in [3.8, 4) is 0 Å². The lowest BCUT2D eigenvalue weighted by Crippen LogP contribution is -2.36. The van der Waals surface area contributed by atoms with Crippen molar-refractivity contribution >= 4 is 16.7 Å². The predicted octanol–water partition coefficient (Wildman–Crippen LogP) is 3.40. The van der Waals surface area contributed by atoms with Crippen molar-refractivity contribution in [2.24, 2.45) is 0 Å². The predicted molar refractivity (Wildman–Crippen MR) is 98.1 cm³/mol. The van der Waals surface area contributed by atoms with E-state index in [1.165, 1.54) is 6.07 Å². The number of alkyl halides is 3. The summed E-state index contributed by atoms with van der Waals surface area (Å²) in [5.41, 5.74) is -0.282. The maximum absolute atomic E-state index is 13.2. The number of aryl methyl sites for hydroxylation is 1. The molecule has 0 spiro atoms. The van der Waals surface area contributed by atoms with Gasteiger partial charge in [-0.25, -0.2) is 15.0 Å². The van der Waals surface area contributed by atoms with E-state index >= 15 is 0 Å². The average molecular weight is 389 g/mol. The van der Waals surface area contributed by atoms with Crippen LogP contribution in [0.2, 0.25) is 0 Å². The summed E-state index contributed by atoms with van der Waals surface area (Å²) >= 11 is 0. The van der Waals surface area contributed by atoms with Crippen LogP contribution >= 0.6 is 0 Å². The third-order valence-corrected chi connectivity index (χ3v) is 4.84. The van der Waals surface area contributed by atoms with Gasteiger partial charge in [0.05, 0.1) is 16.9 Å². The lowest BCUT2D eigenvalue weighted by Gasteiger charge is -2.28. The number of benzene rings is 1. The number of rotatable bonds is 3. The van der Waals surface area contributed by atoms with Crippen molar-refractivity contribution in [3.05, 3.63) is 58.5 Å². The van der Waals surface area contributed by atoms with Gasteiger partial charge in [0.2, 0.25) is 0 Å². The Morgan fingerprint density at radius 1 is 1.18 bits per heavy atom. The van der Waals surface area contributed by atoms with Crippen molar-refractivity contribution in [1.29, 1.82) is 0 Å². The number of halogens is 3. The molecular formula is C19H18F3N5O. The van der Waals surface area contributed by atoms with E-state index in [9.17, 15) is 18.0 Å². The molecule has 1 unspecified atom stereocenters. The summed E-state index contributed by atoms with van der Waals surface area (Å²) in [6, 6.07) is 7.74. The molecule has 0 amide bonds. The van der Waals surface area contributed by atoms with Gasteiger partial charge in [0.15, 0.2) is 0 Å². The first-order chi connectivity index (χ1) is 13.3. The molecule has 1 aliphatic heterocycles. The Labute approximate surface area is 158 Å². The molecule has 1 aromatic carbocycles. The van der Waals surface area contributed by atoms with Gasteiger partial charge < -0.3 is 4.90 Å². The first kappa shape index (κ1) is 18.4.